The lowest BCUT2D eigenvalue weighted by molar-refractivity contribution is -0.0189. The minimum Gasteiger partial charge on any atom is -0.508 e. The van der Waals surface area contributed by atoms with E-state index in [2.05, 4.69) is 0 Å². The fraction of sp³-hybridized carbons (Fsp3) is 0.174. The molecule has 11 nitrogen and oxygen atoms in total. The third kappa shape index (κ3) is 3.94. The molecule has 34 heavy (non-hydrogen) atoms. The van der Waals surface area contributed by atoms with Gasteiger partial charge in [-0.25, -0.2) is 4.79 Å². The summed E-state index contributed by atoms with van der Waals surface area (Å²) < 4.78 is 16.3. The van der Waals surface area contributed by atoms with Gasteiger partial charge in [-0.2, -0.15) is 0 Å². The van der Waals surface area contributed by atoms with E-state index >= 15 is 0 Å². The van der Waals surface area contributed by atoms with Gasteiger partial charge in [-0.1, -0.05) is 0 Å². The van der Waals surface area contributed by atoms with E-state index in [0.29, 0.717) is 0 Å². The van der Waals surface area contributed by atoms with Crippen molar-refractivity contribution in [2.75, 3.05) is 7.11 Å². The Balaban J connectivity index is 1.75. The van der Waals surface area contributed by atoms with Gasteiger partial charge in [-0.3, -0.25) is 0 Å². The second-order valence-corrected chi connectivity index (χ2v) is 7.58. The normalized spacial score (nSPS) is 16.9. The van der Waals surface area contributed by atoms with Gasteiger partial charge in [0.15, 0.2) is 34.9 Å². The zero-order valence-corrected chi connectivity index (χ0v) is 17.6. The topological polar surface area (TPSA) is 186 Å². The fourth-order valence-corrected chi connectivity index (χ4v) is 3.75. The van der Waals surface area contributed by atoms with Crippen LogP contribution in [0.1, 0.15) is 27.6 Å². The Kier molecular flexibility index (Phi) is 5.53. The van der Waals surface area contributed by atoms with Crippen molar-refractivity contribution in [2.24, 2.45) is 0 Å². The van der Waals surface area contributed by atoms with Gasteiger partial charge in [0.25, 0.3) is 0 Å². The lowest BCUT2D eigenvalue weighted by Crippen LogP contribution is -2.34. The molecule has 0 saturated carbocycles. The number of phenols is 7. The molecule has 0 amide bonds. The Hall–Kier alpha value is -4.67. The summed E-state index contributed by atoms with van der Waals surface area (Å²) in [5.41, 5.74) is 0.122. The Morgan fingerprint density at radius 1 is 0.853 bits per heavy atom. The molecule has 2 atom stereocenters. The summed E-state index contributed by atoms with van der Waals surface area (Å²) in [6, 6.07) is 6.59. The number of carbonyl (C=O) groups excluding carboxylic acids is 1. The molecule has 0 aromatic heterocycles. The summed E-state index contributed by atoms with van der Waals surface area (Å²) in [6.45, 7) is 0. The number of phenolic OH excluding ortho intramolecular Hbond substituents is 7. The van der Waals surface area contributed by atoms with E-state index in [9.17, 15) is 40.5 Å². The first-order chi connectivity index (χ1) is 16.1. The van der Waals surface area contributed by atoms with Gasteiger partial charge in [0.1, 0.15) is 23.4 Å². The highest BCUT2D eigenvalue weighted by Crippen LogP contribution is 2.46. The van der Waals surface area contributed by atoms with E-state index in [4.69, 9.17) is 14.2 Å². The summed E-state index contributed by atoms with van der Waals surface area (Å²) in [5, 5.41) is 69.4. The highest BCUT2D eigenvalue weighted by molar-refractivity contribution is 5.91. The molecule has 11 heteroatoms. The van der Waals surface area contributed by atoms with Crippen LogP contribution in [0.4, 0.5) is 0 Å². The number of carbonyl (C=O) groups is 1. The Morgan fingerprint density at radius 3 is 2.06 bits per heavy atom. The molecule has 1 unspecified atom stereocenters. The Morgan fingerprint density at radius 2 is 1.47 bits per heavy atom. The van der Waals surface area contributed by atoms with Crippen LogP contribution in [0.15, 0.2) is 36.4 Å². The summed E-state index contributed by atoms with van der Waals surface area (Å²) in [7, 11) is 1.25. The second-order valence-electron chi connectivity index (χ2n) is 7.58. The van der Waals surface area contributed by atoms with Crippen molar-refractivity contribution in [1.82, 2.24) is 0 Å². The minimum absolute atomic E-state index is 0.0875. The van der Waals surface area contributed by atoms with Crippen molar-refractivity contribution < 1.29 is 54.8 Å². The molecule has 1 heterocycles. The standard InChI is InChI=1S/C23H20O11/c1-32-22-16(28)2-9(3-17(22)29)21-19(8-12-13(25)6-11(24)7-18(12)33-21)34-23(31)10-4-14(26)20(30)15(27)5-10/h2-7,19,21,24-30H,8H2,1H3/t19?,21-/m1/s1. The molecule has 0 fully saturated rings. The quantitative estimate of drug-likeness (QED) is 0.218. The molecule has 4 rings (SSSR count). The third-order valence-electron chi connectivity index (χ3n) is 5.34. The first kappa shape index (κ1) is 22.5. The smallest absolute Gasteiger partial charge is 0.338 e. The number of methoxy groups -OCH3 is 1. The fourth-order valence-electron chi connectivity index (χ4n) is 3.75. The number of hydrogen-bond donors (Lipinski definition) is 7. The van der Waals surface area contributed by atoms with Gasteiger partial charge >= 0.3 is 5.97 Å². The van der Waals surface area contributed by atoms with Crippen molar-refractivity contribution in [2.45, 2.75) is 18.6 Å². The van der Waals surface area contributed by atoms with Crippen LogP contribution in [0.2, 0.25) is 0 Å². The number of aromatic hydroxyl groups is 7. The summed E-state index contributed by atoms with van der Waals surface area (Å²) in [5.74, 6) is -4.81. The third-order valence-corrected chi connectivity index (χ3v) is 5.34. The van der Waals surface area contributed by atoms with Crippen molar-refractivity contribution in [3.8, 4) is 51.7 Å². The molecule has 3 aromatic rings. The van der Waals surface area contributed by atoms with Gasteiger partial charge in [-0.05, 0) is 24.3 Å². The molecule has 1 aliphatic rings. The average molecular weight is 472 g/mol. The maximum Gasteiger partial charge on any atom is 0.338 e. The van der Waals surface area contributed by atoms with E-state index in [1.54, 1.807) is 0 Å². The second kappa shape index (κ2) is 8.35. The first-order valence-electron chi connectivity index (χ1n) is 9.86. The van der Waals surface area contributed by atoms with E-state index in [1.807, 2.05) is 0 Å². The van der Waals surface area contributed by atoms with Gasteiger partial charge < -0.3 is 50.0 Å². The van der Waals surface area contributed by atoms with E-state index in [-0.39, 0.29) is 46.1 Å². The van der Waals surface area contributed by atoms with Crippen LogP contribution < -0.4 is 9.47 Å². The van der Waals surface area contributed by atoms with Crippen LogP contribution in [0.3, 0.4) is 0 Å². The van der Waals surface area contributed by atoms with Crippen LogP contribution >= 0.6 is 0 Å². The summed E-state index contributed by atoms with van der Waals surface area (Å²) >= 11 is 0. The average Bonchev–Trinajstić information content (AvgIpc) is 2.76. The lowest BCUT2D eigenvalue weighted by atomic mass is 9.93. The maximum atomic E-state index is 12.8. The number of hydrogen-bond acceptors (Lipinski definition) is 11. The highest BCUT2D eigenvalue weighted by atomic mass is 16.6. The summed E-state index contributed by atoms with van der Waals surface area (Å²) in [4.78, 5) is 12.8. The number of benzene rings is 3. The zero-order chi connectivity index (χ0) is 24.7. The van der Waals surface area contributed by atoms with Crippen LogP contribution in [-0.4, -0.2) is 54.9 Å². The number of rotatable bonds is 4. The monoisotopic (exact) mass is 472 g/mol. The molecule has 1 aliphatic heterocycles. The molecule has 0 saturated heterocycles. The predicted octanol–water partition coefficient (Wildman–Crippen LogP) is 2.54. The SMILES string of the molecule is COc1c(O)cc([C@H]2Oc3cc(O)cc(O)c3CC2OC(=O)c2cc(O)c(O)c(O)c2)cc1O. The predicted molar refractivity (Wildman–Crippen MR) is 114 cm³/mol. The molecular weight excluding hydrogens is 452 g/mol. The largest absolute Gasteiger partial charge is 0.508 e. The van der Waals surface area contributed by atoms with Crippen molar-refractivity contribution in [1.29, 1.82) is 0 Å². The van der Waals surface area contributed by atoms with Gasteiger partial charge in [0.2, 0.25) is 5.75 Å². The molecule has 7 N–H and O–H groups in total. The maximum absolute atomic E-state index is 12.8. The van der Waals surface area contributed by atoms with Crippen molar-refractivity contribution in [3.63, 3.8) is 0 Å². The Labute approximate surface area is 191 Å². The van der Waals surface area contributed by atoms with Gasteiger partial charge in [0.05, 0.1) is 12.7 Å². The number of fused-ring (bicyclic) bond motifs is 1. The minimum atomic E-state index is -1.14. The van der Waals surface area contributed by atoms with E-state index in [1.165, 1.54) is 25.3 Å². The molecule has 0 bridgehead atoms. The molecule has 178 valence electrons. The van der Waals surface area contributed by atoms with Crippen LogP contribution in [0.5, 0.6) is 51.7 Å². The van der Waals surface area contributed by atoms with E-state index in [0.717, 1.165) is 18.2 Å². The Bertz CT molecular complexity index is 1240. The molecule has 0 spiro atoms. The molecule has 3 aromatic carbocycles. The molecule has 0 aliphatic carbocycles. The van der Waals surface area contributed by atoms with Gasteiger partial charge in [-0.15, -0.1) is 0 Å². The van der Waals surface area contributed by atoms with Crippen LogP contribution in [0, 0.1) is 0 Å². The van der Waals surface area contributed by atoms with Crippen molar-refractivity contribution >= 4 is 5.97 Å². The molecular formula is C23H20O11. The highest BCUT2D eigenvalue weighted by Gasteiger charge is 2.37. The molecule has 0 radical (unpaired) electrons. The van der Waals surface area contributed by atoms with Crippen LogP contribution in [-0.2, 0) is 11.2 Å². The number of ether oxygens (including phenoxy) is 3. The lowest BCUT2D eigenvalue weighted by Gasteiger charge is -2.34. The first-order valence-corrected chi connectivity index (χ1v) is 9.86. The van der Waals surface area contributed by atoms with Gasteiger partial charge in [0, 0.05) is 29.7 Å². The van der Waals surface area contributed by atoms with Crippen LogP contribution in [0.25, 0.3) is 0 Å². The van der Waals surface area contributed by atoms with Crippen molar-refractivity contribution in [3.05, 3.63) is 53.1 Å². The zero-order valence-electron chi connectivity index (χ0n) is 17.6. The number of esters is 1. The van der Waals surface area contributed by atoms with E-state index < -0.39 is 46.9 Å². The summed E-state index contributed by atoms with van der Waals surface area (Å²) in [6.07, 6.45) is -2.36.